The fraction of sp³-hybridized carbons (Fsp3) is 0.333. The summed E-state index contributed by atoms with van der Waals surface area (Å²) in [6, 6.07) is 9.07. The fourth-order valence-electron chi connectivity index (χ4n) is 3.68. The highest BCUT2D eigenvalue weighted by molar-refractivity contribution is 6.05. The highest BCUT2D eigenvalue weighted by Gasteiger charge is 2.36. The lowest BCUT2D eigenvalue weighted by molar-refractivity contribution is 0.0234. The quantitative estimate of drug-likeness (QED) is 0.723. The van der Waals surface area contributed by atoms with Crippen LogP contribution in [0, 0.1) is 12.8 Å². The lowest BCUT2D eigenvalue weighted by Gasteiger charge is -2.38. The Balaban J connectivity index is 1.65. The van der Waals surface area contributed by atoms with Crippen molar-refractivity contribution in [3.05, 3.63) is 59.6 Å². The van der Waals surface area contributed by atoms with Gasteiger partial charge in [0.1, 0.15) is 17.1 Å². The lowest BCUT2D eigenvalue weighted by atomic mass is 9.75. The van der Waals surface area contributed by atoms with Gasteiger partial charge in [-0.15, -0.1) is 0 Å². The largest absolute Gasteiger partial charge is 0.495 e. The molecule has 27 heavy (non-hydrogen) atoms. The number of aryl methyl sites for hydroxylation is 1. The van der Waals surface area contributed by atoms with Gasteiger partial charge < -0.3 is 19.6 Å². The molecule has 6 heteroatoms. The number of carbonyl (C=O) groups is 1. The van der Waals surface area contributed by atoms with Gasteiger partial charge in [0.15, 0.2) is 0 Å². The summed E-state index contributed by atoms with van der Waals surface area (Å²) in [6.45, 7) is 1.86. The maximum absolute atomic E-state index is 13.0. The highest BCUT2D eigenvalue weighted by Crippen LogP contribution is 2.39. The maximum atomic E-state index is 13.0. The first kappa shape index (κ1) is 17.5. The van der Waals surface area contributed by atoms with E-state index in [9.17, 15) is 9.90 Å². The minimum atomic E-state index is -0.316. The van der Waals surface area contributed by atoms with Crippen LogP contribution < -0.4 is 10.1 Å². The summed E-state index contributed by atoms with van der Waals surface area (Å²) in [7, 11) is 1.58. The van der Waals surface area contributed by atoms with E-state index in [0.29, 0.717) is 29.7 Å². The zero-order valence-corrected chi connectivity index (χ0v) is 15.3. The molecule has 1 atom stereocenters. The lowest BCUT2D eigenvalue weighted by Crippen LogP contribution is -2.41. The summed E-state index contributed by atoms with van der Waals surface area (Å²) < 4.78 is 11.0. The Morgan fingerprint density at radius 3 is 2.89 bits per heavy atom. The Bertz CT molecular complexity index is 975. The smallest absolute Gasteiger partial charge is 0.255 e. The van der Waals surface area contributed by atoms with Gasteiger partial charge in [-0.2, -0.15) is 0 Å². The molecule has 1 fully saturated rings. The zero-order chi connectivity index (χ0) is 19.0. The molecular weight excluding hydrogens is 344 g/mol. The normalized spacial score (nSPS) is 20.1. The van der Waals surface area contributed by atoms with Gasteiger partial charge in [0.2, 0.25) is 0 Å². The third-order valence-electron chi connectivity index (χ3n) is 5.15. The molecule has 1 amide bonds. The number of nitrogens with zero attached hydrogens (tertiary/aromatic N) is 1. The molecule has 0 unspecified atom stereocenters. The number of pyridine rings is 1. The number of amides is 1. The summed E-state index contributed by atoms with van der Waals surface area (Å²) in [5.41, 5.74) is 1.95. The second-order valence-electron chi connectivity index (χ2n) is 7.08. The number of ether oxygens (including phenoxy) is 1. The Hall–Kier alpha value is -2.86. The molecule has 3 aromatic rings. The molecule has 1 saturated carbocycles. The SMILES string of the molecule is COc1cncc([C@@H](NC(=O)c2cccc3cc(C)oc23)C2CC(O)C2)c1. The van der Waals surface area contributed by atoms with Crippen molar-refractivity contribution in [1.29, 1.82) is 0 Å². The summed E-state index contributed by atoms with van der Waals surface area (Å²) >= 11 is 0. The predicted molar refractivity (Wildman–Crippen MR) is 101 cm³/mol. The number of hydrogen-bond acceptors (Lipinski definition) is 5. The van der Waals surface area contributed by atoms with E-state index in [1.165, 1.54) is 0 Å². The van der Waals surface area contributed by atoms with Gasteiger partial charge in [0, 0.05) is 11.6 Å². The summed E-state index contributed by atoms with van der Waals surface area (Å²) in [5.74, 6) is 1.34. The second-order valence-corrected chi connectivity index (χ2v) is 7.08. The molecule has 4 rings (SSSR count). The molecular formula is C21H22N2O4. The Kier molecular flexibility index (Phi) is 4.58. The molecule has 1 aromatic carbocycles. The van der Waals surface area contributed by atoms with E-state index < -0.39 is 0 Å². The van der Waals surface area contributed by atoms with E-state index in [1.807, 2.05) is 31.2 Å². The van der Waals surface area contributed by atoms with Crippen molar-refractivity contribution in [2.24, 2.45) is 5.92 Å². The van der Waals surface area contributed by atoms with Gasteiger partial charge in [-0.25, -0.2) is 0 Å². The van der Waals surface area contributed by atoms with E-state index in [1.54, 1.807) is 25.6 Å². The number of hydrogen-bond donors (Lipinski definition) is 2. The highest BCUT2D eigenvalue weighted by atomic mass is 16.5. The van der Waals surface area contributed by atoms with Crippen LogP contribution in [0.1, 0.15) is 40.6 Å². The third kappa shape index (κ3) is 3.40. The van der Waals surface area contributed by atoms with Gasteiger partial charge in [-0.3, -0.25) is 9.78 Å². The van der Waals surface area contributed by atoms with E-state index in [2.05, 4.69) is 10.3 Å². The molecule has 2 N–H and O–H groups in total. The maximum Gasteiger partial charge on any atom is 0.255 e. The van der Waals surface area contributed by atoms with E-state index in [-0.39, 0.29) is 24.0 Å². The minimum Gasteiger partial charge on any atom is -0.495 e. The monoisotopic (exact) mass is 366 g/mol. The number of carbonyl (C=O) groups excluding carboxylic acids is 1. The molecule has 6 nitrogen and oxygen atoms in total. The van der Waals surface area contributed by atoms with Gasteiger partial charge in [0.25, 0.3) is 5.91 Å². The topological polar surface area (TPSA) is 84.6 Å². The molecule has 1 aliphatic rings. The predicted octanol–water partition coefficient (Wildman–Crippen LogP) is 3.39. The van der Waals surface area contributed by atoms with Crippen LogP contribution in [0.5, 0.6) is 5.75 Å². The van der Waals surface area contributed by atoms with Crippen molar-refractivity contribution < 1.29 is 19.1 Å². The van der Waals surface area contributed by atoms with Crippen LogP contribution >= 0.6 is 0 Å². The van der Waals surface area contributed by atoms with Gasteiger partial charge in [-0.05, 0) is 49.4 Å². The number of benzene rings is 1. The van der Waals surface area contributed by atoms with Crippen molar-refractivity contribution in [2.75, 3.05) is 7.11 Å². The minimum absolute atomic E-state index is 0.149. The average Bonchev–Trinajstić information content (AvgIpc) is 3.03. The molecule has 2 aromatic heterocycles. The van der Waals surface area contributed by atoms with Crippen molar-refractivity contribution >= 4 is 16.9 Å². The number of fused-ring (bicyclic) bond motifs is 1. The summed E-state index contributed by atoms with van der Waals surface area (Å²) in [6.07, 6.45) is 4.34. The van der Waals surface area contributed by atoms with E-state index >= 15 is 0 Å². The van der Waals surface area contributed by atoms with Crippen molar-refractivity contribution in [2.45, 2.75) is 31.9 Å². The van der Waals surface area contributed by atoms with Crippen LogP contribution in [-0.4, -0.2) is 29.2 Å². The number of para-hydroxylation sites is 1. The number of aromatic nitrogens is 1. The number of rotatable bonds is 5. The van der Waals surface area contributed by atoms with Crippen LogP contribution in [-0.2, 0) is 0 Å². The van der Waals surface area contributed by atoms with E-state index in [0.717, 1.165) is 16.7 Å². The van der Waals surface area contributed by atoms with Crippen LogP contribution in [0.3, 0.4) is 0 Å². The summed E-state index contributed by atoms with van der Waals surface area (Å²) in [4.78, 5) is 17.3. The van der Waals surface area contributed by atoms with Crippen LogP contribution in [0.25, 0.3) is 11.0 Å². The fourth-order valence-corrected chi connectivity index (χ4v) is 3.68. The number of nitrogens with one attached hydrogen (secondary N) is 1. The van der Waals surface area contributed by atoms with Crippen LogP contribution in [0.4, 0.5) is 0 Å². The molecule has 2 heterocycles. The molecule has 140 valence electrons. The van der Waals surface area contributed by atoms with Gasteiger partial charge >= 0.3 is 0 Å². The summed E-state index contributed by atoms with van der Waals surface area (Å²) in [5, 5.41) is 13.8. The molecule has 0 spiro atoms. The van der Waals surface area contributed by atoms with Crippen LogP contribution in [0.2, 0.25) is 0 Å². The molecule has 1 aliphatic carbocycles. The van der Waals surface area contributed by atoms with Gasteiger partial charge in [-0.1, -0.05) is 12.1 Å². The second kappa shape index (κ2) is 7.04. The number of methoxy groups -OCH3 is 1. The Morgan fingerprint density at radius 1 is 1.33 bits per heavy atom. The average molecular weight is 366 g/mol. The standard InChI is InChI=1S/C21H22N2O4/c1-12-6-13-4-3-5-18(20(13)27-12)21(25)23-19(14-7-16(24)8-14)15-9-17(26-2)11-22-10-15/h3-6,9-11,14,16,19,24H,7-8H2,1-2H3,(H,23,25)/t14?,16?,19-/m0/s1. The van der Waals surface area contributed by atoms with Gasteiger partial charge in [0.05, 0.1) is 31.0 Å². The van der Waals surface area contributed by atoms with E-state index in [4.69, 9.17) is 9.15 Å². The number of furan rings is 1. The third-order valence-corrected chi connectivity index (χ3v) is 5.15. The van der Waals surface area contributed by atoms with Crippen LogP contribution in [0.15, 0.2) is 47.1 Å². The molecule has 0 bridgehead atoms. The van der Waals surface area contributed by atoms with Crippen molar-refractivity contribution in [3.63, 3.8) is 0 Å². The van der Waals surface area contributed by atoms with Crippen molar-refractivity contribution in [1.82, 2.24) is 10.3 Å². The molecule has 0 saturated heterocycles. The first-order valence-corrected chi connectivity index (χ1v) is 9.02. The zero-order valence-electron chi connectivity index (χ0n) is 15.3. The number of aliphatic hydroxyl groups excluding tert-OH is 1. The first-order valence-electron chi connectivity index (χ1n) is 9.02. The molecule has 0 radical (unpaired) electrons. The Labute approximate surface area is 157 Å². The number of aliphatic hydroxyl groups is 1. The molecule has 0 aliphatic heterocycles. The Morgan fingerprint density at radius 2 is 2.15 bits per heavy atom. The van der Waals surface area contributed by atoms with Crippen molar-refractivity contribution in [3.8, 4) is 5.75 Å². The first-order chi connectivity index (χ1) is 13.0.